The molecule has 0 atom stereocenters. The van der Waals surface area contributed by atoms with Crippen molar-refractivity contribution in [3.05, 3.63) is 0 Å². The van der Waals surface area contributed by atoms with Gasteiger partial charge in [-0.15, -0.1) is 0 Å². The van der Waals surface area contributed by atoms with Gasteiger partial charge in [-0.2, -0.15) is 26.3 Å². The molecule has 1 aliphatic heterocycles. The van der Waals surface area contributed by atoms with E-state index >= 15 is 0 Å². The second-order valence-electron chi connectivity index (χ2n) is 4.39. The molecule has 1 fully saturated rings. The molecule has 0 bridgehead atoms. The summed E-state index contributed by atoms with van der Waals surface area (Å²) in [7, 11) is 0. The van der Waals surface area contributed by atoms with Crippen LogP contribution in [-0.4, -0.2) is 50.0 Å². The predicted octanol–water partition coefficient (Wildman–Crippen LogP) is 2.41. The summed E-state index contributed by atoms with van der Waals surface area (Å²) in [4.78, 5) is 2.02. The minimum absolute atomic E-state index is 0.142. The number of halogens is 6. The third-order valence-corrected chi connectivity index (χ3v) is 2.94. The van der Waals surface area contributed by atoms with Crippen LogP contribution in [0.3, 0.4) is 0 Å². The van der Waals surface area contributed by atoms with Crippen molar-refractivity contribution in [1.29, 1.82) is 0 Å². The Balaban J connectivity index is 2.29. The molecule has 0 radical (unpaired) electrons. The molecule has 1 N–H and O–H groups in total. The van der Waals surface area contributed by atoms with Crippen molar-refractivity contribution in [3.8, 4) is 0 Å². The van der Waals surface area contributed by atoms with Crippen LogP contribution in [-0.2, 0) is 0 Å². The zero-order chi connectivity index (χ0) is 13.8. The first-order valence-corrected chi connectivity index (χ1v) is 5.78. The Kier molecular flexibility index (Phi) is 5.27. The molecule has 0 amide bonds. The van der Waals surface area contributed by atoms with Gasteiger partial charge in [0.1, 0.15) is 0 Å². The third kappa shape index (κ3) is 5.01. The Morgan fingerprint density at radius 3 is 1.89 bits per heavy atom. The molecule has 1 heterocycles. The number of nitrogens with zero attached hydrogens (tertiary/aromatic N) is 1. The van der Waals surface area contributed by atoms with E-state index in [2.05, 4.69) is 5.32 Å². The zero-order valence-electron chi connectivity index (χ0n) is 9.74. The van der Waals surface area contributed by atoms with Gasteiger partial charge in [-0.3, -0.25) is 0 Å². The van der Waals surface area contributed by atoms with Gasteiger partial charge in [-0.25, -0.2) is 0 Å². The molecular weight excluding hydrogens is 262 g/mol. The quantitative estimate of drug-likeness (QED) is 0.613. The minimum atomic E-state index is -5.25. The van der Waals surface area contributed by atoms with Crippen LogP contribution >= 0.6 is 0 Å². The SMILES string of the molecule is FC(F)(F)C(CNCCN1CCCC1)C(F)(F)F. The van der Waals surface area contributed by atoms with Crippen LogP contribution in [0.4, 0.5) is 26.3 Å². The molecule has 0 aromatic heterocycles. The van der Waals surface area contributed by atoms with Gasteiger partial charge < -0.3 is 10.2 Å². The number of nitrogens with one attached hydrogen (secondary N) is 1. The smallest absolute Gasteiger partial charge is 0.314 e. The van der Waals surface area contributed by atoms with Crippen LogP contribution < -0.4 is 5.32 Å². The van der Waals surface area contributed by atoms with Crippen molar-refractivity contribution in [2.24, 2.45) is 5.92 Å². The van der Waals surface area contributed by atoms with E-state index in [9.17, 15) is 26.3 Å². The first kappa shape index (κ1) is 15.6. The summed E-state index contributed by atoms with van der Waals surface area (Å²) in [5.41, 5.74) is 0. The van der Waals surface area contributed by atoms with E-state index in [1.54, 1.807) is 0 Å². The molecule has 0 aliphatic carbocycles. The highest BCUT2D eigenvalue weighted by atomic mass is 19.4. The van der Waals surface area contributed by atoms with Gasteiger partial charge in [-0.1, -0.05) is 0 Å². The highest BCUT2D eigenvalue weighted by Crippen LogP contribution is 2.38. The molecule has 0 unspecified atom stereocenters. The predicted molar refractivity (Wildman–Crippen MR) is 54.1 cm³/mol. The Morgan fingerprint density at radius 2 is 1.44 bits per heavy atom. The van der Waals surface area contributed by atoms with Crippen molar-refractivity contribution >= 4 is 0 Å². The van der Waals surface area contributed by atoms with Gasteiger partial charge in [-0.05, 0) is 25.9 Å². The normalized spacial score (nSPS) is 18.8. The Labute approximate surface area is 101 Å². The molecule has 0 aromatic rings. The van der Waals surface area contributed by atoms with E-state index < -0.39 is 24.8 Å². The second kappa shape index (κ2) is 6.10. The minimum Gasteiger partial charge on any atom is -0.314 e. The Morgan fingerprint density at radius 1 is 0.944 bits per heavy atom. The maximum absolute atomic E-state index is 12.2. The average Bonchev–Trinajstić information content (AvgIpc) is 2.65. The molecule has 8 heteroatoms. The van der Waals surface area contributed by atoms with Gasteiger partial charge in [0.2, 0.25) is 0 Å². The van der Waals surface area contributed by atoms with Crippen molar-refractivity contribution < 1.29 is 26.3 Å². The summed E-state index contributed by atoms with van der Waals surface area (Å²) in [6.07, 6.45) is -8.43. The number of alkyl halides is 6. The van der Waals surface area contributed by atoms with E-state index in [1.165, 1.54) is 0 Å². The van der Waals surface area contributed by atoms with E-state index in [0.29, 0.717) is 6.54 Å². The van der Waals surface area contributed by atoms with Crippen LogP contribution in [0.25, 0.3) is 0 Å². The molecule has 2 nitrogen and oxygen atoms in total. The fourth-order valence-electron chi connectivity index (χ4n) is 1.91. The molecule has 0 spiro atoms. The number of hydrogen-bond donors (Lipinski definition) is 1. The highest BCUT2D eigenvalue weighted by Gasteiger charge is 2.56. The van der Waals surface area contributed by atoms with E-state index in [4.69, 9.17) is 0 Å². The number of rotatable bonds is 5. The molecule has 0 saturated carbocycles. The fourth-order valence-corrected chi connectivity index (χ4v) is 1.91. The monoisotopic (exact) mass is 278 g/mol. The van der Waals surface area contributed by atoms with Crippen molar-refractivity contribution in [1.82, 2.24) is 10.2 Å². The first-order chi connectivity index (χ1) is 8.21. The summed E-state index contributed by atoms with van der Waals surface area (Å²) >= 11 is 0. The maximum atomic E-state index is 12.2. The molecular formula is C10H16F6N2. The highest BCUT2D eigenvalue weighted by molar-refractivity contribution is 4.78. The zero-order valence-corrected chi connectivity index (χ0v) is 9.74. The number of likely N-dealkylation sites (tertiary alicyclic amines) is 1. The largest absolute Gasteiger partial charge is 0.401 e. The molecule has 1 saturated heterocycles. The Hall–Kier alpha value is -0.500. The third-order valence-electron chi connectivity index (χ3n) is 2.94. The van der Waals surface area contributed by atoms with Crippen molar-refractivity contribution in [3.63, 3.8) is 0 Å². The van der Waals surface area contributed by atoms with Crippen LogP contribution in [0.1, 0.15) is 12.8 Å². The van der Waals surface area contributed by atoms with E-state index in [-0.39, 0.29) is 6.54 Å². The van der Waals surface area contributed by atoms with Crippen molar-refractivity contribution in [2.45, 2.75) is 25.2 Å². The molecule has 1 aliphatic rings. The van der Waals surface area contributed by atoms with Gasteiger partial charge >= 0.3 is 12.4 Å². The van der Waals surface area contributed by atoms with Crippen LogP contribution in [0.5, 0.6) is 0 Å². The fraction of sp³-hybridized carbons (Fsp3) is 1.00. The van der Waals surface area contributed by atoms with E-state index in [1.807, 2.05) is 4.90 Å². The molecule has 18 heavy (non-hydrogen) atoms. The van der Waals surface area contributed by atoms with Gasteiger partial charge in [0.05, 0.1) is 0 Å². The summed E-state index contributed by atoms with van der Waals surface area (Å²) in [5.74, 6) is -3.29. The van der Waals surface area contributed by atoms with E-state index in [0.717, 1.165) is 25.9 Å². The summed E-state index contributed by atoms with van der Waals surface area (Å²) in [5, 5.41) is 2.24. The number of hydrogen-bond acceptors (Lipinski definition) is 2. The Bertz CT molecular complexity index is 230. The van der Waals surface area contributed by atoms with Crippen LogP contribution in [0.2, 0.25) is 0 Å². The first-order valence-electron chi connectivity index (χ1n) is 5.78. The lowest BCUT2D eigenvalue weighted by Gasteiger charge is -2.23. The summed E-state index contributed by atoms with van der Waals surface area (Å²) in [6, 6.07) is 0. The maximum Gasteiger partial charge on any atom is 0.401 e. The van der Waals surface area contributed by atoms with Crippen molar-refractivity contribution in [2.75, 3.05) is 32.7 Å². The molecule has 108 valence electrons. The van der Waals surface area contributed by atoms with Crippen LogP contribution in [0.15, 0.2) is 0 Å². The average molecular weight is 278 g/mol. The van der Waals surface area contributed by atoms with Gasteiger partial charge in [0.25, 0.3) is 0 Å². The topological polar surface area (TPSA) is 15.3 Å². The molecule has 1 rings (SSSR count). The molecule has 0 aromatic carbocycles. The van der Waals surface area contributed by atoms with Gasteiger partial charge in [0.15, 0.2) is 5.92 Å². The van der Waals surface area contributed by atoms with Crippen LogP contribution in [0, 0.1) is 5.92 Å². The summed E-state index contributed by atoms with van der Waals surface area (Å²) in [6.45, 7) is 1.25. The lowest BCUT2D eigenvalue weighted by atomic mass is 10.1. The lowest BCUT2D eigenvalue weighted by molar-refractivity contribution is -0.281. The lowest BCUT2D eigenvalue weighted by Crippen LogP contribution is -2.44. The van der Waals surface area contributed by atoms with Gasteiger partial charge in [0, 0.05) is 19.6 Å². The summed E-state index contributed by atoms with van der Waals surface area (Å²) < 4.78 is 73.0. The standard InChI is InChI=1S/C10H16F6N2/c11-9(12,13)8(10(14,15)16)7-17-3-6-18-4-1-2-5-18/h8,17H,1-7H2. The second-order valence-corrected chi connectivity index (χ2v) is 4.39.